The van der Waals surface area contributed by atoms with Crippen LogP contribution in [0.5, 0.6) is 0 Å². The number of hydrogen-bond donors (Lipinski definition) is 4. The quantitative estimate of drug-likeness (QED) is 0.143. The number of carboxylic acids is 2. The van der Waals surface area contributed by atoms with Gasteiger partial charge in [-0.2, -0.15) is 0 Å². The Morgan fingerprint density at radius 1 is 1.00 bits per heavy atom. The van der Waals surface area contributed by atoms with E-state index in [0.717, 1.165) is 12.8 Å². The molecule has 0 fully saturated rings. The minimum atomic E-state index is -1.09. The molecule has 0 aliphatic rings. The summed E-state index contributed by atoms with van der Waals surface area (Å²) < 4.78 is 0. The molecular formula is C23H37NO5S. The van der Waals surface area contributed by atoms with Crippen molar-refractivity contribution in [2.45, 2.75) is 75.7 Å². The van der Waals surface area contributed by atoms with Gasteiger partial charge >= 0.3 is 11.9 Å². The smallest absolute Gasteiger partial charge is 0.321 e. The second-order valence-corrected chi connectivity index (χ2v) is 8.21. The number of aliphatic hydroxyl groups excluding tert-OH is 1. The van der Waals surface area contributed by atoms with Gasteiger partial charge in [0.2, 0.25) is 0 Å². The van der Waals surface area contributed by atoms with E-state index in [-0.39, 0.29) is 17.4 Å². The number of aliphatic carboxylic acids is 2. The minimum Gasteiger partial charge on any atom is -0.481 e. The molecule has 0 aliphatic heterocycles. The molecule has 0 saturated heterocycles. The highest BCUT2D eigenvalue weighted by atomic mass is 32.2. The Balaban J connectivity index is 4.51. The summed E-state index contributed by atoms with van der Waals surface area (Å²) in [5.74, 6) is -1.83. The highest BCUT2D eigenvalue weighted by Crippen LogP contribution is 2.21. The maximum atomic E-state index is 10.9. The molecule has 0 unspecified atom stereocenters. The normalized spacial score (nSPS) is 15.4. The summed E-state index contributed by atoms with van der Waals surface area (Å²) >= 11 is 1.26. The van der Waals surface area contributed by atoms with E-state index in [2.05, 4.69) is 25.2 Å². The zero-order chi connectivity index (χ0) is 22.6. The molecule has 0 spiro atoms. The van der Waals surface area contributed by atoms with E-state index in [0.29, 0.717) is 12.8 Å². The number of carboxylic acid groups (broad SMARTS) is 2. The fourth-order valence-corrected chi connectivity index (χ4v) is 3.60. The third kappa shape index (κ3) is 17.1. The predicted octanol–water partition coefficient (Wildman–Crippen LogP) is 4.31. The summed E-state index contributed by atoms with van der Waals surface area (Å²) in [6.07, 6.45) is 21.3. The zero-order valence-electron chi connectivity index (χ0n) is 17.9. The van der Waals surface area contributed by atoms with Gasteiger partial charge < -0.3 is 21.1 Å². The Morgan fingerprint density at radius 2 is 1.73 bits per heavy atom. The number of nitrogens with two attached hydrogens (primary N) is 1. The van der Waals surface area contributed by atoms with Crippen molar-refractivity contribution in [2.24, 2.45) is 5.73 Å². The molecule has 170 valence electrons. The van der Waals surface area contributed by atoms with Crippen molar-refractivity contribution in [3.8, 4) is 0 Å². The van der Waals surface area contributed by atoms with Gasteiger partial charge in [0.05, 0.1) is 6.10 Å². The predicted molar refractivity (Wildman–Crippen MR) is 125 cm³/mol. The maximum absolute atomic E-state index is 10.9. The number of hydrogen-bond acceptors (Lipinski definition) is 5. The van der Waals surface area contributed by atoms with Crippen LogP contribution < -0.4 is 5.73 Å². The monoisotopic (exact) mass is 439 g/mol. The van der Waals surface area contributed by atoms with Gasteiger partial charge in [-0.3, -0.25) is 9.59 Å². The zero-order valence-corrected chi connectivity index (χ0v) is 18.7. The summed E-state index contributed by atoms with van der Waals surface area (Å²) in [5, 5.41) is 27.6. The van der Waals surface area contributed by atoms with Gasteiger partial charge in [-0.1, -0.05) is 68.4 Å². The third-order valence-corrected chi connectivity index (χ3v) is 5.65. The lowest BCUT2D eigenvalue weighted by atomic mass is 10.1. The number of carbonyl (C=O) groups is 2. The van der Waals surface area contributed by atoms with Gasteiger partial charge in [-0.05, 0) is 32.1 Å². The first-order chi connectivity index (χ1) is 14.4. The van der Waals surface area contributed by atoms with Crippen LogP contribution in [0.4, 0.5) is 0 Å². The molecular weight excluding hydrogens is 402 g/mol. The Hall–Kier alpha value is -1.83. The molecule has 7 heteroatoms. The summed E-state index contributed by atoms with van der Waals surface area (Å²) in [7, 11) is 0. The van der Waals surface area contributed by atoms with Crippen molar-refractivity contribution < 1.29 is 24.9 Å². The molecule has 0 aromatic rings. The van der Waals surface area contributed by atoms with Crippen LogP contribution in [0.25, 0.3) is 0 Å². The van der Waals surface area contributed by atoms with Gasteiger partial charge in [0.25, 0.3) is 0 Å². The van der Waals surface area contributed by atoms with Crippen molar-refractivity contribution >= 4 is 23.7 Å². The Morgan fingerprint density at radius 3 is 2.40 bits per heavy atom. The fraction of sp³-hybridized carbons (Fsp3) is 0.565. The molecule has 0 heterocycles. The second-order valence-electron chi connectivity index (χ2n) is 7.00. The van der Waals surface area contributed by atoms with Crippen molar-refractivity contribution in [2.75, 3.05) is 5.75 Å². The molecule has 0 aromatic carbocycles. The standard InChI is InChI=1S/C23H37NO5S/c1-2-3-4-5-6-7-8-9-10-11-12-13-16-21(30-18-19(24)23(28)29)20(25)15-14-17-22(26)27/h6-7,9-13,16,19-21,25H,2-5,8,14-15,17-18,24H2,1H3,(H,26,27)(H,28,29)/b7-6-,10-9-,12-11+,16-13+/t19-,20+,21+/m0/s1. The molecule has 6 nitrogen and oxygen atoms in total. The van der Waals surface area contributed by atoms with Crippen LogP contribution in [0.2, 0.25) is 0 Å². The van der Waals surface area contributed by atoms with Gasteiger partial charge in [0.1, 0.15) is 6.04 Å². The summed E-state index contributed by atoms with van der Waals surface area (Å²) in [5.41, 5.74) is 5.54. The van der Waals surface area contributed by atoms with Crippen LogP contribution in [0.3, 0.4) is 0 Å². The SMILES string of the molecule is CCCCC/C=C\C\C=C/C=C/C=C/[C@@H](SC[C@H](N)C(=O)O)[C@H](O)CCCC(=O)O. The fourth-order valence-electron chi connectivity index (χ4n) is 2.47. The maximum Gasteiger partial charge on any atom is 0.321 e. The van der Waals surface area contributed by atoms with Gasteiger partial charge in [-0.15, -0.1) is 11.8 Å². The van der Waals surface area contributed by atoms with Crippen LogP contribution in [0.15, 0.2) is 48.6 Å². The lowest BCUT2D eigenvalue weighted by molar-refractivity contribution is -0.138. The van der Waals surface area contributed by atoms with E-state index in [4.69, 9.17) is 15.9 Å². The molecule has 0 bridgehead atoms. The first kappa shape index (κ1) is 28.2. The summed E-state index contributed by atoms with van der Waals surface area (Å²) in [4.78, 5) is 21.5. The van der Waals surface area contributed by atoms with Crippen LogP contribution >= 0.6 is 11.8 Å². The molecule has 5 N–H and O–H groups in total. The summed E-state index contributed by atoms with van der Waals surface area (Å²) in [6, 6.07) is -1.01. The van der Waals surface area contributed by atoms with Crippen LogP contribution in [0, 0.1) is 0 Å². The van der Waals surface area contributed by atoms with Crippen molar-refractivity contribution in [3.63, 3.8) is 0 Å². The number of aliphatic hydroxyl groups is 1. The summed E-state index contributed by atoms with van der Waals surface area (Å²) in [6.45, 7) is 2.19. The molecule has 30 heavy (non-hydrogen) atoms. The van der Waals surface area contributed by atoms with E-state index in [9.17, 15) is 14.7 Å². The number of rotatable bonds is 18. The molecule has 0 amide bonds. The average Bonchev–Trinajstić information content (AvgIpc) is 2.70. The van der Waals surface area contributed by atoms with E-state index < -0.39 is 24.1 Å². The highest BCUT2D eigenvalue weighted by Gasteiger charge is 2.20. The number of thioether (sulfide) groups is 1. The van der Waals surface area contributed by atoms with Gasteiger partial charge in [-0.25, -0.2) is 0 Å². The Kier molecular flexibility index (Phi) is 18.0. The van der Waals surface area contributed by atoms with Crippen molar-refractivity contribution in [3.05, 3.63) is 48.6 Å². The first-order valence-corrected chi connectivity index (χ1v) is 11.6. The third-order valence-electron chi connectivity index (χ3n) is 4.24. The van der Waals surface area contributed by atoms with Gasteiger partial charge in [0, 0.05) is 17.4 Å². The topological polar surface area (TPSA) is 121 Å². The average molecular weight is 440 g/mol. The largest absolute Gasteiger partial charge is 0.481 e. The molecule has 0 radical (unpaired) electrons. The highest BCUT2D eigenvalue weighted by molar-refractivity contribution is 8.00. The minimum absolute atomic E-state index is 0.00938. The number of unbranched alkanes of at least 4 members (excludes halogenated alkanes) is 3. The lowest BCUT2D eigenvalue weighted by Crippen LogP contribution is -2.34. The molecule has 0 aliphatic carbocycles. The van der Waals surface area contributed by atoms with E-state index in [1.54, 1.807) is 12.2 Å². The lowest BCUT2D eigenvalue weighted by Gasteiger charge is -2.20. The van der Waals surface area contributed by atoms with E-state index in [1.165, 1.54) is 31.0 Å². The van der Waals surface area contributed by atoms with Crippen LogP contribution in [-0.2, 0) is 9.59 Å². The first-order valence-electron chi connectivity index (χ1n) is 10.5. The molecule has 0 aromatic heterocycles. The van der Waals surface area contributed by atoms with E-state index in [1.807, 2.05) is 18.2 Å². The Labute approximate surface area is 184 Å². The van der Waals surface area contributed by atoms with Gasteiger partial charge in [0.15, 0.2) is 0 Å². The van der Waals surface area contributed by atoms with Crippen molar-refractivity contribution in [1.82, 2.24) is 0 Å². The van der Waals surface area contributed by atoms with Crippen LogP contribution in [-0.4, -0.2) is 50.4 Å². The second kappa shape index (κ2) is 19.2. The molecule has 0 saturated carbocycles. The van der Waals surface area contributed by atoms with Crippen molar-refractivity contribution in [1.29, 1.82) is 0 Å². The number of allylic oxidation sites excluding steroid dienone is 7. The van der Waals surface area contributed by atoms with E-state index >= 15 is 0 Å². The Bertz CT molecular complexity index is 586. The molecule has 0 rings (SSSR count). The van der Waals surface area contributed by atoms with Crippen LogP contribution in [0.1, 0.15) is 58.3 Å². The molecule has 3 atom stereocenters.